The predicted molar refractivity (Wildman–Crippen MR) is 139 cm³/mol. The van der Waals surface area contributed by atoms with Crippen LogP contribution < -0.4 is 4.74 Å². The van der Waals surface area contributed by atoms with Crippen molar-refractivity contribution in [3.63, 3.8) is 0 Å². The molecule has 2 amide bonds. The molecule has 1 saturated heterocycles. The van der Waals surface area contributed by atoms with Crippen LogP contribution in [0.15, 0.2) is 42.5 Å². The van der Waals surface area contributed by atoms with Gasteiger partial charge in [-0.3, -0.25) is 19.4 Å². The van der Waals surface area contributed by atoms with Crippen molar-refractivity contribution in [1.82, 2.24) is 9.80 Å². The lowest BCUT2D eigenvalue weighted by Gasteiger charge is -2.34. The first-order valence-corrected chi connectivity index (χ1v) is 13.3. The lowest BCUT2D eigenvalue weighted by molar-refractivity contribution is -0.138. The number of rotatable bonds is 10. The molecule has 0 aromatic heterocycles. The molecule has 1 aliphatic heterocycles. The number of halogens is 1. The van der Waals surface area contributed by atoms with Gasteiger partial charge in [0.25, 0.3) is 0 Å². The molecule has 0 N–H and O–H groups in total. The SMILES string of the molecule is Cc1cc(CN(CC2CCCCC2)[C@H](C)c2ccc(Cl)cc2)ccc1OCCN1C(=O)CCC1=O. The summed E-state index contributed by atoms with van der Waals surface area (Å²) in [5.74, 6) is 1.35. The van der Waals surface area contributed by atoms with E-state index in [2.05, 4.69) is 43.0 Å². The van der Waals surface area contributed by atoms with Crippen LogP contribution in [0, 0.1) is 12.8 Å². The van der Waals surface area contributed by atoms with Crippen LogP contribution in [0.25, 0.3) is 0 Å². The van der Waals surface area contributed by atoms with Crippen LogP contribution in [-0.2, 0) is 16.1 Å². The molecule has 1 aliphatic carbocycles. The van der Waals surface area contributed by atoms with E-state index in [9.17, 15) is 9.59 Å². The number of likely N-dealkylation sites (tertiary alicyclic amines) is 1. The van der Waals surface area contributed by atoms with Crippen molar-refractivity contribution in [2.45, 2.75) is 71.4 Å². The van der Waals surface area contributed by atoms with Gasteiger partial charge in [0.1, 0.15) is 12.4 Å². The summed E-state index contributed by atoms with van der Waals surface area (Å²) in [6.45, 7) is 6.94. The Bertz CT molecular complexity index is 1000. The van der Waals surface area contributed by atoms with Crippen molar-refractivity contribution in [1.29, 1.82) is 0 Å². The molecule has 1 saturated carbocycles. The normalized spacial score (nSPS) is 17.9. The van der Waals surface area contributed by atoms with Gasteiger partial charge in [0.2, 0.25) is 11.8 Å². The Morgan fingerprint density at radius 1 is 1.03 bits per heavy atom. The summed E-state index contributed by atoms with van der Waals surface area (Å²) in [7, 11) is 0. The van der Waals surface area contributed by atoms with Crippen molar-refractivity contribution in [3.8, 4) is 5.75 Å². The van der Waals surface area contributed by atoms with Crippen molar-refractivity contribution in [3.05, 3.63) is 64.2 Å². The number of carbonyl (C=O) groups is 2. The minimum Gasteiger partial charge on any atom is -0.491 e. The van der Waals surface area contributed by atoms with Crippen LogP contribution in [0.4, 0.5) is 0 Å². The van der Waals surface area contributed by atoms with E-state index < -0.39 is 0 Å². The first-order valence-electron chi connectivity index (χ1n) is 13.0. The topological polar surface area (TPSA) is 49.9 Å². The van der Waals surface area contributed by atoms with Gasteiger partial charge in [-0.25, -0.2) is 0 Å². The molecule has 2 fully saturated rings. The lowest BCUT2D eigenvalue weighted by atomic mass is 9.88. The third kappa shape index (κ3) is 6.86. The first kappa shape index (κ1) is 25.7. The molecule has 2 aromatic carbocycles. The van der Waals surface area contributed by atoms with Crippen LogP contribution in [-0.4, -0.2) is 41.3 Å². The third-order valence-corrected chi connectivity index (χ3v) is 7.72. The van der Waals surface area contributed by atoms with E-state index in [4.69, 9.17) is 16.3 Å². The smallest absolute Gasteiger partial charge is 0.229 e. The molecule has 1 atom stereocenters. The van der Waals surface area contributed by atoms with Gasteiger partial charge < -0.3 is 4.74 Å². The van der Waals surface area contributed by atoms with Crippen molar-refractivity contribution >= 4 is 23.4 Å². The number of amides is 2. The summed E-state index contributed by atoms with van der Waals surface area (Å²) in [6, 6.07) is 14.9. The Hall–Kier alpha value is -2.37. The highest BCUT2D eigenvalue weighted by molar-refractivity contribution is 6.30. The van der Waals surface area contributed by atoms with Gasteiger partial charge in [-0.05, 0) is 67.5 Å². The number of imide groups is 1. The Labute approximate surface area is 214 Å². The number of aryl methyl sites for hydroxylation is 1. The zero-order valence-corrected chi connectivity index (χ0v) is 21.7. The van der Waals surface area contributed by atoms with Gasteiger partial charge in [0, 0.05) is 37.0 Å². The number of hydrogen-bond acceptors (Lipinski definition) is 4. The van der Waals surface area contributed by atoms with Gasteiger partial charge in [-0.15, -0.1) is 0 Å². The molecule has 2 aromatic rings. The fourth-order valence-corrected chi connectivity index (χ4v) is 5.46. The Morgan fingerprint density at radius 2 is 1.71 bits per heavy atom. The maximum Gasteiger partial charge on any atom is 0.229 e. The number of hydrogen-bond donors (Lipinski definition) is 0. The molecule has 0 radical (unpaired) electrons. The zero-order chi connectivity index (χ0) is 24.8. The summed E-state index contributed by atoms with van der Waals surface area (Å²) < 4.78 is 5.93. The highest BCUT2D eigenvalue weighted by Crippen LogP contribution is 2.31. The Morgan fingerprint density at radius 3 is 2.37 bits per heavy atom. The van der Waals surface area contributed by atoms with Crippen LogP contribution in [0.2, 0.25) is 5.02 Å². The number of ether oxygens (including phenoxy) is 1. The maximum absolute atomic E-state index is 11.8. The molecule has 35 heavy (non-hydrogen) atoms. The highest BCUT2D eigenvalue weighted by Gasteiger charge is 2.28. The molecule has 188 valence electrons. The molecule has 0 unspecified atom stereocenters. The van der Waals surface area contributed by atoms with Crippen LogP contribution in [0.1, 0.15) is 74.6 Å². The molecule has 0 spiro atoms. The average molecular weight is 497 g/mol. The van der Waals surface area contributed by atoms with Crippen molar-refractivity contribution < 1.29 is 14.3 Å². The largest absolute Gasteiger partial charge is 0.491 e. The van der Waals surface area contributed by atoms with Crippen LogP contribution in [0.5, 0.6) is 5.75 Å². The second-order valence-electron chi connectivity index (χ2n) is 10.0. The third-order valence-electron chi connectivity index (χ3n) is 7.47. The van der Waals surface area contributed by atoms with Crippen LogP contribution in [0.3, 0.4) is 0 Å². The number of nitrogens with zero attached hydrogens (tertiary/aromatic N) is 2. The summed E-state index contributed by atoms with van der Waals surface area (Å²) in [5, 5.41) is 0.768. The minimum atomic E-state index is -0.0986. The summed E-state index contributed by atoms with van der Waals surface area (Å²) in [4.78, 5) is 27.5. The molecule has 6 heteroatoms. The summed E-state index contributed by atoms with van der Waals surface area (Å²) >= 11 is 6.14. The second-order valence-corrected chi connectivity index (χ2v) is 10.5. The lowest BCUT2D eigenvalue weighted by Crippen LogP contribution is -2.33. The van der Waals surface area contributed by atoms with Gasteiger partial charge in [0.05, 0.1) is 6.54 Å². The standard InChI is InChI=1S/C29H37ClN2O3/c1-21-18-24(8-13-27(21)35-17-16-32-28(33)14-15-29(32)34)20-31(19-23-6-4-3-5-7-23)22(2)25-9-11-26(30)12-10-25/h8-13,18,22-23H,3-7,14-17,19-20H2,1-2H3/t22-/m1/s1. The quantitative estimate of drug-likeness (QED) is 0.361. The molecular weight excluding hydrogens is 460 g/mol. The number of carbonyl (C=O) groups excluding carboxylic acids is 2. The summed E-state index contributed by atoms with van der Waals surface area (Å²) in [5.41, 5.74) is 3.61. The van der Waals surface area contributed by atoms with E-state index in [1.165, 1.54) is 48.1 Å². The monoisotopic (exact) mass is 496 g/mol. The van der Waals surface area contributed by atoms with Gasteiger partial charge >= 0.3 is 0 Å². The van der Waals surface area contributed by atoms with E-state index in [-0.39, 0.29) is 11.8 Å². The van der Waals surface area contributed by atoms with Crippen LogP contribution >= 0.6 is 11.6 Å². The van der Waals surface area contributed by atoms with Gasteiger partial charge in [-0.2, -0.15) is 0 Å². The van der Waals surface area contributed by atoms with Crippen molar-refractivity contribution in [2.24, 2.45) is 5.92 Å². The van der Waals surface area contributed by atoms with E-state index >= 15 is 0 Å². The van der Waals surface area contributed by atoms with E-state index in [0.29, 0.717) is 32.0 Å². The Kier molecular flexibility index (Phi) is 8.85. The second kappa shape index (κ2) is 12.0. The minimum absolute atomic E-state index is 0.0986. The number of benzene rings is 2. The summed E-state index contributed by atoms with van der Waals surface area (Å²) in [6.07, 6.45) is 7.32. The fraction of sp³-hybridized carbons (Fsp3) is 0.517. The molecule has 5 nitrogen and oxygen atoms in total. The van der Waals surface area contributed by atoms with E-state index in [1.54, 1.807) is 0 Å². The van der Waals surface area contributed by atoms with E-state index in [1.807, 2.05) is 18.2 Å². The molecule has 0 bridgehead atoms. The molecule has 4 rings (SSSR count). The predicted octanol–water partition coefficient (Wildman–Crippen LogP) is 6.32. The van der Waals surface area contributed by atoms with Crippen molar-refractivity contribution in [2.75, 3.05) is 19.7 Å². The first-order chi connectivity index (χ1) is 16.9. The zero-order valence-electron chi connectivity index (χ0n) is 21.0. The van der Waals surface area contributed by atoms with Gasteiger partial charge in [0.15, 0.2) is 0 Å². The van der Waals surface area contributed by atoms with Gasteiger partial charge in [-0.1, -0.05) is 55.1 Å². The molecular formula is C29H37ClN2O3. The highest BCUT2D eigenvalue weighted by atomic mass is 35.5. The Balaban J connectivity index is 1.41. The van der Waals surface area contributed by atoms with E-state index in [0.717, 1.165) is 35.3 Å². The molecule has 2 aliphatic rings. The maximum atomic E-state index is 11.8. The molecule has 1 heterocycles. The average Bonchev–Trinajstić information content (AvgIpc) is 3.18. The fourth-order valence-electron chi connectivity index (χ4n) is 5.34.